The topological polar surface area (TPSA) is 38.8 Å². The van der Waals surface area contributed by atoms with Gasteiger partial charge in [0.05, 0.1) is 4.88 Å². The number of rotatable bonds is 3. The molecule has 0 radical (unpaired) electrons. The summed E-state index contributed by atoms with van der Waals surface area (Å²) in [5.74, 6) is 2.50. The normalized spacial score (nSPS) is 22.1. The van der Waals surface area contributed by atoms with Crippen LogP contribution in [-0.2, 0) is 0 Å². The Bertz CT molecular complexity index is 792. The third kappa shape index (κ3) is 3.45. The van der Waals surface area contributed by atoms with E-state index in [1.54, 1.807) is 11.3 Å². The monoisotopic (exact) mass is 371 g/mol. The molecule has 0 unspecified atom stereocenters. The van der Waals surface area contributed by atoms with Gasteiger partial charge in [0.1, 0.15) is 13.2 Å². The Morgan fingerprint density at radius 2 is 1.77 bits per heavy atom. The molecule has 138 valence electrons. The van der Waals surface area contributed by atoms with Gasteiger partial charge < -0.3 is 14.4 Å². The first-order valence-electron chi connectivity index (χ1n) is 9.39. The van der Waals surface area contributed by atoms with Crippen LogP contribution >= 0.6 is 11.3 Å². The number of nitrogens with zero attached hydrogens (tertiary/aromatic N) is 1. The average molecular weight is 372 g/mol. The van der Waals surface area contributed by atoms with E-state index in [1.165, 1.54) is 12.8 Å². The quantitative estimate of drug-likeness (QED) is 0.775. The highest BCUT2D eigenvalue weighted by atomic mass is 32.1. The lowest BCUT2D eigenvalue weighted by atomic mass is 9.87. The van der Waals surface area contributed by atoms with Crippen molar-refractivity contribution in [2.75, 3.05) is 20.3 Å². The van der Waals surface area contributed by atoms with Gasteiger partial charge in [-0.05, 0) is 67.5 Å². The molecule has 2 heterocycles. The van der Waals surface area contributed by atoms with Gasteiger partial charge in [-0.3, -0.25) is 4.79 Å². The zero-order chi connectivity index (χ0) is 18.1. The van der Waals surface area contributed by atoms with Gasteiger partial charge >= 0.3 is 0 Å². The zero-order valence-electron chi connectivity index (χ0n) is 15.4. The van der Waals surface area contributed by atoms with Crippen molar-refractivity contribution in [2.45, 2.75) is 38.6 Å². The van der Waals surface area contributed by atoms with Crippen molar-refractivity contribution in [3.8, 4) is 21.9 Å². The fraction of sp³-hybridized carbons (Fsp3) is 0.476. The molecular formula is C21H25NO3S. The van der Waals surface area contributed by atoms with Crippen LogP contribution in [0.4, 0.5) is 0 Å². The average Bonchev–Trinajstić information content (AvgIpc) is 3.17. The standard InChI is InChI=1S/C21H25NO3S/c1-14-3-6-16(7-4-14)22(2)21(23)20-10-9-19(26-20)15-5-8-17-18(13-15)25-12-11-24-17/h5,8-10,13-14,16H,3-4,6-7,11-12H2,1-2H3. The largest absolute Gasteiger partial charge is 0.486 e. The summed E-state index contributed by atoms with van der Waals surface area (Å²) in [6.45, 7) is 3.47. The number of fused-ring (bicyclic) bond motifs is 1. The molecular weight excluding hydrogens is 346 g/mol. The lowest BCUT2D eigenvalue weighted by Crippen LogP contribution is -2.38. The van der Waals surface area contributed by atoms with Crippen LogP contribution in [0.25, 0.3) is 10.4 Å². The Kier molecular flexibility index (Phi) is 4.90. The Morgan fingerprint density at radius 1 is 1.04 bits per heavy atom. The van der Waals surface area contributed by atoms with Crippen LogP contribution in [0, 0.1) is 5.92 Å². The summed E-state index contributed by atoms with van der Waals surface area (Å²) in [6, 6.07) is 10.3. The highest BCUT2D eigenvalue weighted by Gasteiger charge is 2.26. The molecule has 1 aromatic carbocycles. The molecule has 4 nitrogen and oxygen atoms in total. The third-order valence-corrected chi connectivity index (χ3v) is 6.62. The van der Waals surface area contributed by atoms with Gasteiger partial charge in [-0.15, -0.1) is 11.3 Å². The van der Waals surface area contributed by atoms with Crippen LogP contribution in [0.15, 0.2) is 30.3 Å². The van der Waals surface area contributed by atoms with E-state index >= 15 is 0 Å². The summed E-state index contributed by atoms with van der Waals surface area (Å²) in [5.41, 5.74) is 1.06. The molecule has 2 aliphatic rings. The van der Waals surface area contributed by atoms with Crippen molar-refractivity contribution >= 4 is 17.2 Å². The SMILES string of the molecule is CC1CCC(N(C)C(=O)c2ccc(-c3ccc4c(c3)OCCO4)s2)CC1. The number of thiophene rings is 1. The van der Waals surface area contributed by atoms with Crippen molar-refractivity contribution in [1.82, 2.24) is 4.90 Å². The van der Waals surface area contributed by atoms with Crippen LogP contribution in [0.5, 0.6) is 11.5 Å². The smallest absolute Gasteiger partial charge is 0.263 e. The highest BCUT2D eigenvalue weighted by molar-refractivity contribution is 7.17. The number of ether oxygens (including phenoxy) is 2. The molecule has 1 aromatic heterocycles. The predicted octanol–water partition coefficient (Wildman–Crippen LogP) is 4.84. The van der Waals surface area contributed by atoms with E-state index in [4.69, 9.17) is 9.47 Å². The molecule has 1 aliphatic heterocycles. The fourth-order valence-electron chi connectivity index (χ4n) is 3.77. The lowest BCUT2D eigenvalue weighted by Gasteiger charge is -2.33. The number of hydrogen-bond donors (Lipinski definition) is 0. The van der Waals surface area contributed by atoms with E-state index in [-0.39, 0.29) is 5.91 Å². The second-order valence-electron chi connectivity index (χ2n) is 7.35. The molecule has 1 saturated carbocycles. The highest BCUT2D eigenvalue weighted by Crippen LogP contribution is 2.37. The summed E-state index contributed by atoms with van der Waals surface area (Å²) in [5, 5.41) is 0. The second-order valence-corrected chi connectivity index (χ2v) is 8.44. The summed E-state index contributed by atoms with van der Waals surface area (Å²) < 4.78 is 11.3. The first kappa shape index (κ1) is 17.4. The van der Waals surface area contributed by atoms with Gasteiger partial charge in [0.25, 0.3) is 5.91 Å². The number of benzene rings is 1. The molecule has 4 rings (SSSR count). The summed E-state index contributed by atoms with van der Waals surface area (Å²) in [7, 11) is 1.95. The van der Waals surface area contributed by atoms with Crippen molar-refractivity contribution in [1.29, 1.82) is 0 Å². The maximum absolute atomic E-state index is 12.9. The van der Waals surface area contributed by atoms with E-state index in [2.05, 4.69) is 6.92 Å². The molecule has 0 saturated heterocycles. The predicted molar refractivity (Wildman–Crippen MR) is 104 cm³/mol. The molecule has 1 fully saturated rings. The lowest BCUT2D eigenvalue weighted by molar-refractivity contribution is 0.0684. The van der Waals surface area contributed by atoms with Crippen LogP contribution in [0.1, 0.15) is 42.3 Å². The Hall–Kier alpha value is -2.01. The van der Waals surface area contributed by atoms with E-state index in [0.29, 0.717) is 19.3 Å². The van der Waals surface area contributed by atoms with Gasteiger partial charge in [0.15, 0.2) is 11.5 Å². The molecule has 2 aromatic rings. The summed E-state index contributed by atoms with van der Waals surface area (Å²) in [6.07, 6.45) is 4.66. The molecule has 0 atom stereocenters. The van der Waals surface area contributed by atoms with Gasteiger partial charge in [-0.2, -0.15) is 0 Å². The molecule has 1 aliphatic carbocycles. The minimum absolute atomic E-state index is 0.137. The molecule has 0 N–H and O–H groups in total. The summed E-state index contributed by atoms with van der Waals surface area (Å²) >= 11 is 1.55. The van der Waals surface area contributed by atoms with Crippen LogP contribution in [0.2, 0.25) is 0 Å². The molecule has 1 amide bonds. The third-order valence-electron chi connectivity index (χ3n) is 5.50. The first-order valence-corrected chi connectivity index (χ1v) is 10.2. The number of amides is 1. The minimum Gasteiger partial charge on any atom is -0.486 e. The zero-order valence-corrected chi connectivity index (χ0v) is 16.2. The molecule has 0 spiro atoms. The fourth-order valence-corrected chi connectivity index (χ4v) is 4.76. The number of carbonyl (C=O) groups excluding carboxylic acids is 1. The number of carbonyl (C=O) groups is 1. The molecule has 5 heteroatoms. The maximum Gasteiger partial charge on any atom is 0.263 e. The van der Waals surface area contributed by atoms with Gasteiger partial charge in [0, 0.05) is 18.0 Å². The van der Waals surface area contributed by atoms with Crippen molar-refractivity contribution in [3.05, 3.63) is 35.2 Å². The van der Waals surface area contributed by atoms with Crippen molar-refractivity contribution < 1.29 is 14.3 Å². The maximum atomic E-state index is 12.9. The Balaban J connectivity index is 1.49. The van der Waals surface area contributed by atoms with Crippen LogP contribution in [-0.4, -0.2) is 37.1 Å². The van der Waals surface area contributed by atoms with Gasteiger partial charge in [-0.1, -0.05) is 6.92 Å². The van der Waals surface area contributed by atoms with Gasteiger partial charge in [0.2, 0.25) is 0 Å². The summed E-state index contributed by atoms with van der Waals surface area (Å²) in [4.78, 5) is 16.7. The number of hydrogen-bond acceptors (Lipinski definition) is 4. The van der Waals surface area contributed by atoms with Crippen molar-refractivity contribution in [2.24, 2.45) is 5.92 Å². The van der Waals surface area contributed by atoms with Crippen LogP contribution < -0.4 is 9.47 Å². The van der Waals surface area contributed by atoms with E-state index in [1.807, 2.05) is 42.3 Å². The minimum atomic E-state index is 0.137. The van der Waals surface area contributed by atoms with Crippen LogP contribution in [0.3, 0.4) is 0 Å². The second kappa shape index (κ2) is 7.31. The molecule has 0 bridgehead atoms. The Morgan fingerprint density at radius 3 is 2.54 bits per heavy atom. The van der Waals surface area contributed by atoms with Crippen molar-refractivity contribution in [3.63, 3.8) is 0 Å². The molecule has 26 heavy (non-hydrogen) atoms. The first-order chi connectivity index (χ1) is 12.6. The van der Waals surface area contributed by atoms with E-state index in [0.717, 1.165) is 45.6 Å². The van der Waals surface area contributed by atoms with E-state index < -0.39 is 0 Å². The van der Waals surface area contributed by atoms with Gasteiger partial charge in [-0.25, -0.2) is 0 Å². The van der Waals surface area contributed by atoms with E-state index in [9.17, 15) is 4.79 Å². The Labute approximate surface area is 158 Å².